The standard InChI is InChI=1S/C16H24N2/c1-13-6-8-16(12-17,9-7-13)18-10-14-4-2-3-5-15(14)11-18/h2-5,13H,6-12,17H2,1H3. The molecule has 2 nitrogen and oxygen atoms in total. The van der Waals surface area contributed by atoms with Crippen molar-refractivity contribution in [3.63, 3.8) is 0 Å². The maximum Gasteiger partial charge on any atom is 0.0339 e. The fourth-order valence-electron chi connectivity index (χ4n) is 3.62. The number of benzene rings is 1. The molecule has 0 aromatic heterocycles. The van der Waals surface area contributed by atoms with E-state index >= 15 is 0 Å². The molecule has 2 N–H and O–H groups in total. The molecule has 0 atom stereocenters. The van der Waals surface area contributed by atoms with Crippen molar-refractivity contribution in [2.24, 2.45) is 11.7 Å². The number of fused-ring (bicyclic) bond motifs is 1. The van der Waals surface area contributed by atoms with Gasteiger partial charge in [-0.2, -0.15) is 0 Å². The molecular formula is C16H24N2. The van der Waals surface area contributed by atoms with Crippen LogP contribution in [-0.4, -0.2) is 17.0 Å². The minimum atomic E-state index is 0.269. The molecular weight excluding hydrogens is 220 g/mol. The van der Waals surface area contributed by atoms with E-state index in [-0.39, 0.29) is 5.54 Å². The predicted octanol–water partition coefficient (Wildman–Crippen LogP) is 2.91. The first kappa shape index (κ1) is 12.2. The zero-order chi connectivity index (χ0) is 12.6. The average Bonchev–Trinajstić information content (AvgIpc) is 2.84. The van der Waals surface area contributed by atoms with Crippen LogP contribution in [0, 0.1) is 5.92 Å². The van der Waals surface area contributed by atoms with Gasteiger partial charge in [-0.3, -0.25) is 4.90 Å². The van der Waals surface area contributed by atoms with Gasteiger partial charge in [-0.15, -0.1) is 0 Å². The van der Waals surface area contributed by atoms with E-state index in [0.29, 0.717) is 0 Å². The summed E-state index contributed by atoms with van der Waals surface area (Å²) in [6, 6.07) is 8.84. The van der Waals surface area contributed by atoms with Crippen LogP contribution >= 0.6 is 0 Å². The van der Waals surface area contributed by atoms with Gasteiger partial charge >= 0.3 is 0 Å². The summed E-state index contributed by atoms with van der Waals surface area (Å²) in [6.07, 6.45) is 5.23. The number of hydrogen-bond acceptors (Lipinski definition) is 2. The summed E-state index contributed by atoms with van der Waals surface area (Å²) in [4.78, 5) is 2.64. The maximum absolute atomic E-state index is 6.16. The summed E-state index contributed by atoms with van der Waals surface area (Å²) in [5.41, 5.74) is 9.43. The van der Waals surface area contributed by atoms with Gasteiger partial charge in [0.15, 0.2) is 0 Å². The second-order valence-corrected chi connectivity index (χ2v) is 6.24. The van der Waals surface area contributed by atoms with Crippen molar-refractivity contribution in [1.29, 1.82) is 0 Å². The van der Waals surface area contributed by atoms with Crippen LogP contribution < -0.4 is 5.73 Å². The first-order valence-electron chi connectivity index (χ1n) is 7.25. The van der Waals surface area contributed by atoms with Gasteiger partial charge in [-0.05, 0) is 42.7 Å². The molecule has 1 aliphatic heterocycles. The highest BCUT2D eigenvalue weighted by atomic mass is 15.2. The van der Waals surface area contributed by atoms with E-state index in [2.05, 4.69) is 36.1 Å². The number of rotatable bonds is 2. The van der Waals surface area contributed by atoms with Crippen LogP contribution in [-0.2, 0) is 13.1 Å². The lowest BCUT2D eigenvalue weighted by atomic mass is 9.76. The fraction of sp³-hybridized carbons (Fsp3) is 0.625. The van der Waals surface area contributed by atoms with Crippen molar-refractivity contribution in [2.75, 3.05) is 6.54 Å². The predicted molar refractivity (Wildman–Crippen MR) is 75.1 cm³/mol. The van der Waals surface area contributed by atoms with E-state index in [1.165, 1.54) is 36.8 Å². The molecule has 3 rings (SSSR count). The van der Waals surface area contributed by atoms with Crippen LogP contribution in [0.1, 0.15) is 43.7 Å². The molecule has 0 radical (unpaired) electrons. The Morgan fingerprint density at radius 2 is 1.72 bits per heavy atom. The minimum Gasteiger partial charge on any atom is -0.329 e. The molecule has 0 unspecified atom stereocenters. The third-order valence-electron chi connectivity index (χ3n) is 5.10. The Labute approximate surface area is 110 Å². The molecule has 0 saturated heterocycles. The smallest absolute Gasteiger partial charge is 0.0339 e. The van der Waals surface area contributed by atoms with Crippen molar-refractivity contribution in [1.82, 2.24) is 4.90 Å². The van der Waals surface area contributed by atoms with E-state index in [9.17, 15) is 0 Å². The third-order valence-corrected chi connectivity index (χ3v) is 5.10. The van der Waals surface area contributed by atoms with Gasteiger partial charge < -0.3 is 5.73 Å². The number of nitrogens with zero attached hydrogens (tertiary/aromatic N) is 1. The molecule has 1 aromatic rings. The first-order chi connectivity index (χ1) is 8.73. The van der Waals surface area contributed by atoms with Crippen LogP contribution in [0.15, 0.2) is 24.3 Å². The molecule has 1 aliphatic carbocycles. The van der Waals surface area contributed by atoms with Crippen molar-refractivity contribution < 1.29 is 0 Å². The van der Waals surface area contributed by atoms with Gasteiger partial charge in [0.1, 0.15) is 0 Å². The van der Waals surface area contributed by atoms with Crippen molar-refractivity contribution in [3.05, 3.63) is 35.4 Å². The Kier molecular flexibility index (Phi) is 3.16. The summed E-state index contributed by atoms with van der Waals surface area (Å²) in [5.74, 6) is 0.884. The van der Waals surface area contributed by atoms with E-state index in [0.717, 1.165) is 25.6 Å². The SMILES string of the molecule is CC1CCC(CN)(N2Cc3ccccc3C2)CC1. The molecule has 0 amide bonds. The van der Waals surface area contributed by atoms with Crippen LogP contribution in [0.2, 0.25) is 0 Å². The highest BCUT2D eigenvalue weighted by Crippen LogP contribution is 2.40. The number of hydrogen-bond donors (Lipinski definition) is 1. The highest BCUT2D eigenvalue weighted by Gasteiger charge is 2.40. The molecule has 1 aromatic carbocycles. The molecule has 18 heavy (non-hydrogen) atoms. The van der Waals surface area contributed by atoms with E-state index in [1.54, 1.807) is 0 Å². The lowest BCUT2D eigenvalue weighted by Gasteiger charge is -2.45. The van der Waals surface area contributed by atoms with Gasteiger partial charge in [0.25, 0.3) is 0 Å². The van der Waals surface area contributed by atoms with Gasteiger partial charge in [0.2, 0.25) is 0 Å². The largest absolute Gasteiger partial charge is 0.329 e. The maximum atomic E-state index is 6.16. The zero-order valence-electron chi connectivity index (χ0n) is 11.4. The van der Waals surface area contributed by atoms with Crippen molar-refractivity contribution >= 4 is 0 Å². The second kappa shape index (κ2) is 4.67. The first-order valence-corrected chi connectivity index (χ1v) is 7.25. The van der Waals surface area contributed by atoms with Gasteiger partial charge in [0.05, 0.1) is 0 Å². The third kappa shape index (κ3) is 1.98. The molecule has 0 spiro atoms. The van der Waals surface area contributed by atoms with E-state index in [4.69, 9.17) is 5.73 Å². The van der Waals surface area contributed by atoms with Crippen molar-refractivity contribution in [3.8, 4) is 0 Å². The van der Waals surface area contributed by atoms with E-state index < -0.39 is 0 Å². The lowest BCUT2D eigenvalue weighted by molar-refractivity contribution is 0.0415. The summed E-state index contributed by atoms with van der Waals surface area (Å²) in [6.45, 7) is 5.39. The molecule has 2 heteroatoms. The van der Waals surface area contributed by atoms with Gasteiger partial charge in [0, 0.05) is 25.2 Å². The molecule has 1 saturated carbocycles. The van der Waals surface area contributed by atoms with Crippen LogP contribution in [0.3, 0.4) is 0 Å². The zero-order valence-corrected chi connectivity index (χ0v) is 11.4. The normalized spacial score (nSPS) is 32.4. The lowest BCUT2D eigenvalue weighted by Crippen LogP contribution is -2.53. The van der Waals surface area contributed by atoms with Gasteiger partial charge in [-0.25, -0.2) is 0 Å². The highest BCUT2D eigenvalue weighted by molar-refractivity contribution is 5.31. The summed E-state index contributed by atoms with van der Waals surface area (Å²) >= 11 is 0. The molecule has 1 heterocycles. The molecule has 0 bridgehead atoms. The Morgan fingerprint density at radius 1 is 1.17 bits per heavy atom. The fourth-order valence-corrected chi connectivity index (χ4v) is 3.62. The Balaban J connectivity index is 1.79. The topological polar surface area (TPSA) is 29.3 Å². The summed E-state index contributed by atoms with van der Waals surface area (Å²) in [5, 5.41) is 0. The Hall–Kier alpha value is -0.860. The second-order valence-electron chi connectivity index (χ2n) is 6.24. The Morgan fingerprint density at radius 3 is 2.22 bits per heavy atom. The average molecular weight is 244 g/mol. The molecule has 1 fully saturated rings. The quantitative estimate of drug-likeness (QED) is 0.866. The summed E-state index contributed by atoms with van der Waals surface area (Å²) in [7, 11) is 0. The minimum absolute atomic E-state index is 0.269. The van der Waals surface area contributed by atoms with Crippen LogP contribution in [0.4, 0.5) is 0 Å². The summed E-state index contributed by atoms with van der Waals surface area (Å²) < 4.78 is 0. The Bertz CT molecular complexity index is 394. The number of nitrogens with two attached hydrogens (primary N) is 1. The monoisotopic (exact) mass is 244 g/mol. The molecule has 2 aliphatic rings. The van der Waals surface area contributed by atoms with Crippen LogP contribution in [0.25, 0.3) is 0 Å². The molecule has 98 valence electrons. The van der Waals surface area contributed by atoms with E-state index in [1.807, 2.05) is 0 Å². The van der Waals surface area contributed by atoms with Crippen LogP contribution in [0.5, 0.6) is 0 Å². The van der Waals surface area contributed by atoms with Gasteiger partial charge in [-0.1, -0.05) is 31.2 Å². The van der Waals surface area contributed by atoms with Crippen molar-refractivity contribution in [2.45, 2.75) is 51.2 Å².